The number of anilines is 1. The van der Waals surface area contributed by atoms with Crippen molar-refractivity contribution in [1.29, 1.82) is 0 Å². The Morgan fingerprint density at radius 2 is 1.83 bits per heavy atom. The predicted molar refractivity (Wildman–Crippen MR) is 108 cm³/mol. The minimum atomic E-state index is -3.73. The first-order valence-electron chi connectivity index (χ1n) is 8.43. The van der Waals surface area contributed by atoms with E-state index in [2.05, 4.69) is 14.4 Å². The third kappa shape index (κ3) is 4.93. The number of carbonyl (C=O) groups excluding carboxylic acids is 1. The fourth-order valence-electron chi connectivity index (χ4n) is 2.85. The Hall–Kier alpha value is -2.92. The molecule has 1 heterocycles. The van der Waals surface area contributed by atoms with E-state index >= 15 is 0 Å². The fourth-order valence-corrected chi connectivity index (χ4v) is 4.65. The number of hydrogen-bond donors (Lipinski definition) is 2. The number of methoxy groups -OCH3 is 1. The van der Waals surface area contributed by atoms with E-state index in [1.807, 2.05) is 0 Å². The molecule has 0 saturated heterocycles. The zero-order valence-electron chi connectivity index (χ0n) is 15.6. The topological polar surface area (TPSA) is 131 Å². The third-order valence-corrected chi connectivity index (χ3v) is 6.11. The molecule has 0 amide bonds. The van der Waals surface area contributed by atoms with E-state index in [1.54, 1.807) is 42.5 Å². The molecular formula is C18H19N3O6S2. The predicted octanol–water partition coefficient (Wildman–Crippen LogP) is 0.881. The first kappa shape index (κ1) is 20.8. The van der Waals surface area contributed by atoms with Gasteiger partial charge in [-0.1, -0.05) is 24.3 Å². The Morgan fingerprint density at radius 3 is 2.45 bits per heavy atom. The Morgan fingerprint density at radius 1 is 1.17 bits per heavy atom. The van der Waals surface area contributed by atoms with Crippen LogP contribution in [0, 0.1) is 0 Å². The van der Waals surface area contributed by atoms with E-state index in [1.165, 1.54) is 13.2 Å². The molecule has 2 aromatic carbocycles. The summed E-state index contributed by atoms with van der Waals surface area (Å²) in [5.74, 6) is -0.550. The van der Waals surface area contributed by atoms with Crippen LogP contribution < -0.4 is 9.44 Å². The summed E-state index contributed by atoms with van der Waals surface area (Å²) in [4.78, 5) is 16.6. The molecule has 0 aliphatic carbocycles. The number of rotatable bonds is 6. The Balaban J connectivity index is 1.89. The highest BCUT2D eigenvalue weighted by molar-refractivity contribution is 7.92. The third-order valence-electron chi connectivity index (χ3n) is 4.11. The van der Waals surface area contributed by atoms with Crippen molar-refractivity contribution in [3.63, 3.8) is 0 Å². The average molecular weight is 437 g/mol. The van der Waals surface area contributed by atoms with Gasteiger partial charge < -0.3 is 4.74 Å². The molecule has 11 heteroatoms. The first-order valence-corrected chi connectivity index (χ1v) is 11.8. The second kappa shape index (κ2) is 7.84. The Labute approximate surface area is 168 Å². The van der Waals surface area contributed by atoms with Crippen LogP contribution in [-0.4, -0.2) is 48.0 Å². The number of nitrogens with one attached hydrogen (secondary N) is 2. The van der Waals surface area contributed by atoms with Gasteiger partial charge >= 0.3 is 5.97 Å². The zero-order valence-corrected chi connectivity index (χ0v) is 17.2. The van der Waals surface area contributed by atoms with Crippen LogP contribution in [0.4, 0.5) is 5.69 Å². The fraction of sp³-hybridized carbons (Fsp3) is 0.222. The number of hydrogen-bond acceptors (Lipinski definition) is 7. The molecule has 9 nitrogen and oxygen atoms in total. The summed E-state index contributed by atoms with van der Waals surface area (Å²) < 4.78 is 56.6. The van der Waals surface area contributed by atoms with Crippen LogP contribution >= 0.6 is 0 Å². The summed E-state index contributed by atoms with van der Waals surface area (Å²) >= 11 is 0. The highest BCUT2D eigenvalue weighted by Crippen LogP contribution is 2.23. The second-order valence-electron chi connectivity index (χ2n) is 6.39. The van der Waals surface area contributed by atoms with Crippen molar-refractivity contribution in [2.45, 2.75) is 17.4 Å². The molecule has 0 radical (unpaired) electrons. The molecule has 1 aliphatic rings. The van der Waals surface area contributed by atoms with Crippen LogP contribution in [0.3, 0.4) is 0 Å². The lowest BCUT2D eigenvalue weighted by molar-refractivity contribution is -0.142. The molecule has 0 fully saturated rings. The average Bonchev–Trinajstić information content (AvgIpc) is 2.91. The summed E-state index contributed by atoms with van der Waals surface area (Å²) in [6.45, 7) is 0. The van der Waals surface area contributed by atoms with Crippen LogP contribution in [0.2, 0.25) is 0 Å². The SMILES string of the molecule is COC(=O)[C@H](Cc1ccc(NS(C)(=O)=O)cc1)N=C1NS(=O)(=O)c2ccccc21. The maximum Gasteiger partial charge on any atom is 0.331 e. The van der Waals surface area contributed by atoms with Gasteiger partial charge in [-0.05, 0) is 29.8 Å². The second-order valence-corrected chi connectivity index (χ2v) is 9.79. The van der Waals surface area contributed by atoms with Crippen molar-refractivity contribution >= 4 is 37.5 Å². The van der Waals surface area contributed by atoms with Gasteiger partial charge in [0.2, 0.25) is 10.0 Å². The number of aliphatic imine (C=N–C) groups is 1. The molecule has 1 aliphatic heterocycles. The van der Waals surface area contributed by atoms with E-state index in [0.29, 0.717) is 16.8 Å². The lowest BCUT2D eigenvalue weighted by Gasteiger charge is -2.12. The summed E-state index contributed by atoms with van der Waals surface area (Å²) in [6, 6.07) is 11.8. The van der Waals surface area contributed by atoms with Crippen molar-refractivity contribution in [2.24, 2.45) is 4.99 Å². The standard InChI is InChI=1S/C18H19N3O6S2/c1-27-18(22)15(11-12-7-9-13(10-8-12)20-28(2,23)24)19-17-14-5-3-4-6-16(14)29(25,26)21-17/h3-10,15,20H,11H2,1-2H3,(H,19,21)/t15-/m0/s1. The van der Waals surface area contributed by atoms with Crippen LogP contribution in [0.5, 0.6) is 0 Å². The maximum atomic E-state index is 12.2. The van der Waals surface area contributed by atoms with Crippen molar-refractivity contribution in [1.82, 2.24) is 4.72 Å². The van der Waals surface area contributed by atoms with Crippen LogP contribution in [0.25, 0.3) is 0 Å². The summed E-state index contributed by atoms with van der Waals surface area (Å²) in [5.41, 5.74) is 1.46. The van der Waals surface area contributed by atoms with Gasteiger partial charge in [0.15, 0.2) is 6.04 Å². The van der Waals surface area contributed by atoms with E-state index < -0.39 is 32.1 Å². The van der Waals surface area contributed by atoms with E-state index in [9.17, 15) is 21.6 Å². The number of amidine groups is 1. The van der Waals surface area contributed by atoms with Gasteiger partial charge in [0.05, 0.1) is 18.3 Å². The van der Waals surface area contributed by atoms with Gasteiger partial charge in [-0.3, -0.25) is 14.4 Å². The molecule has 0 saturated carbocycles. The number of fused-ring (bicyclic) bond motifs is 1. The molecule has 2 N–H and O–H groups in total. The Kier molecular flexibility index (Phi) is 5.62. The molecule has 0 aromatic heterocycles. The van der Waals surface area contributed by atoms with Crippen molar-refractivity contribution in [2.75, 3.05) is 18.1 Å². The number of benzene rings is 2. The smallest absolute Gasteiger partial charge is 0.331 e. The van der Waals surface area contributed by atoms with E-state index in [4.69, 9.17) is 4.74 Å². The van der Waals surface area contributed by atoms with Gasteiger partial charge in [-0.15, -0.1) is 0 Å². The van der Waals surface area contributed by atoms with E-state index in [0.717, 1.165) is 6.26 Å². The summed E-state index contributed by atoms with van der Waals surface area (Å²) in [5, 5.41) is 0. The lowest BCUT2D eigenvalue weighted by atomic mass is 10.1. The lowest BCUT2D eigenvalue weighted by Crippen LogP contribution is -2.29. The monoisotopic (exact) mass is 437 g/mol. The number of esters is 1. The molecular weight excluding hydrogens is 418 g/mol. The van der Waals surface area contributed by atoms with Gasteiger partial charge in [0.1, 0.15) is 5.84 Å². The highest BCUT2D eigenvalue weighted by atomic mass is 32.2. The summed E-state index contributed by atoms with van der Waals surface area (Å²) in [7, 11) is -5.90. The molecule has 3 rings (SSSR count). The number of sulfonamides is 2. The van der Waals surface area contributed by atoms with Gasteiger partial charge in [-0.2, -0.15) is 0 Å². The molecule has 0 bridgehead atoms. The van der Waals surface area contributed by atoms with Crippen LogP contribution in [-0.2, 0) is 36.0 Å². The van der Waals surface area contributed by atoms with Crippen molar-refractivity contribution < 1.29 is 26.4 Å². The molecule has 2 aromatic rings. The zero-order chi connectivity index (χ0) is 21.2. The number of nitrogens with zero attached hydrogens (tertiary/aromatic N) is 1. The normalized spacial score (nSPS) is 17.2. The van der Waals surface area contributed by atoms with Gasteiger partial charge in [0.25, 0.3) is 10.0 Å². The minimum Gasteiger partial charge on any atom is -0.467 e. The number of carbonyl (C=O) groups is 1. The number of ether oxygens (including phenoxy) is 1. The van der Waals surface area contributed by atoms with Crippen molar-refractivity contribution in [3.05, 3.63) is 59.7 Å². The molecule has 154 valence electrons. The largest absolute Gasteiger partial charge is 0.467 e. The molecule has 1 atom stereocenters. The van der Waals surface area contributed by atoms with Crippen LogP contribution in [0.1, 0.15) is 11.1 Å². The highest BCUT2D eigenvalue weighted by Gasteiger charge is 2.32. The molecule has 29 heavy (non-hydrogen) atoms. The minimum absolute atomic E-state index is 0.0753. The van der Waals surface area contributed by atoms with Crippen molar-refractivity contribution in [3.8, 4) is 0 Å². The molecule has 0 spiro atoms. The van der Waals surface area contributed by atoms with E-state index in [-0.39, 0.29) is 17.2 Å². The van der Waals surface area contributed by atoms with Gasteiger partial charge in [0, 0.05) is 17.7 Å². The van der Waals surface area contributed by atoms with Gasteiger partial charge in [-0.25, -0.2) is 21.6 Å². The summed E-state index contributed by atoms with van der Waals surface area (Å²) in [6.07, 6.45) is 1.18. The first-order chi connectivity index (χ1) is 13.6. The quantitative estimate of drug-likeness (QED) is 0.645. The maximum absolute atomic E-state index is 12.2. The molecule has 0 unspecified atom stereocenters. The van der Waals surface area contributed by atoms with Crippen LogP contribution in [0.15, 0.2) is 58.4 Å². The Bertz CT molecular complexity index is 1170.